The van der Waals surface area contributed by atoms with Crippen LogP contribution >= 0.6 is 0 Å². The summed E-state index contributed by atoms with van der Waals surface area (Å²) in [5, 5.41) is 9.22. The number of rotatable bonds is 4. The van der Waals surface area contributed by atoms with Crippen molar-refractivity contribution in [3.05, 3.63) is 0 Å². The lowest BCUT2D eigenvalue weighted by Crippen LogP contribution is -2.54. The zero-order valence-corrected chi connectivity index (χ0v) is 14.9. The van der Waals surface area contributed by atoms with Gasteiger partial charge in [0.05, 0.1) is 12.0 Å². The third kappa shape index (κ3) is 3.62. The molecular weight excluding hydrogens is 272 g/mol. The third-order valence-electron chi connectivity index (χ3n) is 4.89. The van der Waals surface area contributed by atoms with Crippen molar-refractivity contribution in [1.82, 2.24) is 0 Å². The SMILES string of the molecule is C[C@@H]1C(CCO)OC(=O)[C@@H](C)C1O[Si](C)(C)C(C)(C)C. The van der Waals surface area contributed by atoms with Crippen LogP contribution in [0.15, 0.2) is 0 Å². The molecule has 0 radical (unpaired) electrons. The number of aliphatic hydroxyl groups excluding tert-OH is 1. The van der Waals surface area contributed by atoms with E-state index in [4.69, 9.17) is 14.3 Å². The quantitative estimate of drug-likeness (QED) is 0.641. The Morgan fingerprint density at radius 2 is 1.85 bits per heavy atom. The zero-order chi connectivity index (χ0) is 15.7. The highest BCUT2D eigenvalue weighted by molar-refractivity contribution is 6.74. The summed E-state index contributed by atoms with van der Waals surface area (Å²) in [4.78, 5) is 12.0. The molecule has 0 aliphatic carbocycles. The maximum absolute atomic E-state index is 12.0. The van der Waals surface area contributed by atoms with Crippen LogP contribution in [0.4, 0.5) is 0 Å². The smallest absolute Gasteiger partial charge is 0.311 e. The van der Waals surface area contributed by atoms with Gasteiger partial charge in [-0.3, -0.25) is 4.79 Å². The number of hydrogen-bond donors (Lipinski definition) is 1. The Balaban J connectivity index is 2.92. The summed E-state index contributed by atoms with van der Waals surface area (Å²) < 4.78 is 11.9. The van der Waals surface area contributed by atoms with Gasteiger partial charge in [-0.1, -0.05) is 27.7 Å². The van der Waals surface area contributed by atoms with E-state index in [0.29, 0.717) is 6.42 Å². The van der Waals surface area contributed by atoms with E-state index in [1.54, 1.807) is 0 Å². The molecule has 1 aliphatic rings. The van der Waals surface area contributed by atoms with Crippen LogP contribution in [0, 0.1) is 11.8 Å². The van der Waals surface area contributed by atoms with Crippen LogP contribution in [-0.2, 0) is 14.0 Å². The first kappa shape index (κ1) is 17.7. The van der Waals surface area contributed by atoms with Crippen LogP contribution in [0.25, 0.3) is 0 Å². The lowest BCUT2D eigenvalue weighted by Gasteiger charge is -2.46. The monoisotopic (exact) mass is 302 g/mol. The Bertz CT molecular complexity index is 348. The predicted molar refractivity (Wildman–Crippen MR) is 82.0 cm³/mol. The first-order chi connectivity index (χ1) is 9.01. The molecule has 0 aromatic carbocycles. The number of hydrogen-bond acceptors (Lipinski definition) is 4. The first-order valence-corrected chi connectivity index (χ1v) is 10.4. The fourth-order valence-corrected chi connectivity index (χ4v) is 3.79. The lowest BCUT2D eigenvalue weighted by molar-refractivity contribution is -0.177. The van der Waals surface area contributed by atoms with E-state index < -0.39 is 8.32 Å². The minimum atomic E-state index is -1.93. The Labute approximate surface area is 124 Å². The molecule has 5 heteroatoms. The molecule has 4 nitrogen and oxygen atoms in total. The Hall–Kier alpha value is -0.393. The molecule has 2 unspecified atom stereocenters. The van der Waals surface area contributed by atoms with E-state index >= 15 is 0 Å². The molecule has 1 rings (SSSR count). The van der Waals surface area contributed by atoms with Crippen LogP contribution in [-0.4, -0.2) is 38.2 Å². The van der Waals surface area contributed by atoms with E-state index in [1.165, 1.54) is 0 Å². The van der Waals surface area contributed by atoms with Gasteiger partial charge in [-0.15, -0.1) is 0 Å². The summed E-state index contributed by atoms with van der Waals surface area (Å²) in [5.41, 5.74) is 0. The molecule has 0 bridgehead atoms. The van der Waals surface area contributed by atoms with Gasteiger partial charge in [-0.25, -0.2) is 0 Å². The highest BCUT2D eigenvalue weighted by atomic mass is 28.4. The highest BCUT2D eigenvalue weighted by Crippen LogP contribution is 2.41. The van der Waals surface area contributed by atoms with Crippen molar-refractivity contribution in [2.45, 2.75) is 71.4 Å². The lowest BCUT2D eigenvalue weighted by atomic mass is 9.85. The predicted octanol–water partition coefficient (Wildman–Crippen LogP) is 2.96. The van der Waals surface area contributed by atoms with Gasteiger partial charge in [-0.2, -0.15) is 0 Å². The maximum Gasteiger partial charge on any atom is 0.311 e. The number of carbonyl (C=O) groups is 1. The van der Waals surface area contributed by atoms with Gasteiger partial charge < -0.3 is 14.3 Å². The van der Waals surface area contributed by atoms with E-state index in [0.717, 1.165) is 0 Å². The van der Waals surface area contributed by atoms with Crippen molar-refractivity contribution in [2.75, 3.05) is 6.61 Å². The van der Waals surface area contributed by atoms with E-state index in [-0.39, 0.29) is 41.7 Å². The molecule has 1 fully saturated rings. The van der Waals surface area contributed by atoms with Crippen LogP contribution in [0.5, 0.6) is 0 Å². The van der Waals surface area contributed by atoms with Gasteiger partial charge in [0.15, 0.2) is 8.32 Å². The minimum absolute atomic E-state index is 0.0312. The molecule has 1 N–H and O–H groups in total. The molecule has 0 aromatic heterocycles. The molecule has 1 saturated heterocycles. The van der Waals surface area contributed by atoms with Gasteiger partial charge in [0.2, 0.25) is 0 Å². The number of aliphatic hydroxyl groups is 1. The highest BCUT2D eigenvalue weighted by Gasteiger charge is 2.47. The maximum atomic E-state index is 12.0. The minimum Gasteiger partial charge on any atom is -0.462 e. The molecule has 4 atom stereocenters. The second-order valence-electron chi connectivity index (χ2n) is 7.48. The number of esters is 1. The zero-order valence-electron chi connectivity index (χ0n) is 13.9. The average Bonchev–Trinajstić information content (AvgIpc) is 2.30. The number of ether oxygens (including phenoxy) is 1. The second-order valence-corrected chi connectivity index (χ2v) is 12.2. The van der Waals surface area contributed by atoms with Crippen molar-refractivity contribution in [2.24, 2.45) is 11.8 Å². The molecule has 118 valence electrons. The molecule has 0 aromatic rings. The Morgan fingerprint density at radius 3 is 2.30 bits per heavy atom. The van der Waals surface area contributed by atoms with E-state index in [2.05, 4.69) is 40.8 Å². The number of cyclic esters (lactones) is 1. The molecule has 0 spiro atoms. The summed E-state index contributed by atoms with van der Waals surface area (Å²) >= 11 is 0. The van der Waals surface area contributed by atoms with Crippen LogP contribution in [0.3, 0.4) is 0 Å². The van der Waals surface area contributed by atoms with Gasteiger partial charge in [0.25, 0.3) is 0 Å². The topological polar surface area (TPSA) is 55.8 Å². The molecular formula is C15H30O4Si. The second kappa shape index (κ2) is 6.16. The fourth-order valence-electron chi connectivity index (χ4n) is 2.34. The number of carbonyl (C=O) groups excluding carboxylic acids is 1. The van der Waals surface area contributed by atoms with Crippen molar-refractivity contribution < 1.29 is 19.1 Å². The molecule has 1 aliphatic heterocycles. The standard InChI is InChI=1S/C15H30O4Si/c1-10-12(8-9-16)18-14(17)11(2)13(10)19-20(6,7)15(3,4)5/h10-13,16H,8-9H2,1-7H3/t10-,11+,12?,13?/m1/s1. The van der Waals surface area contributed by atoms with Crippen LogP contribution in [0.1, 0.15) is 41.0 Å². The van der Waals surface area contributed by atoms with Crippen molar-refractivity contribution in [1.29, 1.82) is 0 Å². The average molecular weight is 302 g/mol. The largest absolute Gasteiger partial charge is 0.462 e. The molecule has 0 amide bonds. The third-order valence-corrected chi connectivity index (χ3v) is 9.36. The molecule has 1 heterocycles. The van der Waals surface area contributed by atoms with Gasteiger partial charge in [-0.05, 0) is 25.1 Å². The van der Waals surface area contributed by atoms with Crippen molar-refractivity contribution >= 4 is 14.3 Å². The Morgan fingerprint density at radius 1 is 1.30 bits per heavy atom. The summed E-state index contributed by atoms with van der Waals surface area (Å²) in [5.74, 6) is -0.330. The summed E-state index contributed by atoms with van der Waals surface area (Å²) in [6, 6.07) is 0. The van der Waals surface area contributed by atoms with E-state index in [1.807, 2.05) is 6.92 Å². The van der Waals surface area contributed by atoms with Gasteiger partial charge in [0.1, 0.15) is 6.10 Å². The van der Waals surface area contributed by atoms with Gasteiger partial charge in [0, 0.05) is 18.9 Å². The van der Waals surface area contributed by atoms with Crippen LogP contribution in [0.2, 0.25) is 18.1 Å². The summed E-state index contributed by atoms with van der Waals surface area (Å²) in [6.45, 7) is 15.0. The summed E-state index contributed by atoms with van der Waals surface area (Å²) in [7, 11) is -1.93. The molecule has 20 heavy (non-hydrogen) atoms. The molecule has 0 saturated carbocycles. The van der Waals surface area contributed by atoms with Gasteiger partial charge >= 0.3 is 5.97 Å². The fraction of sp³-hybridized carbons (Fsp3) is 0.933. The normalized spacial score (nSPS) is 32.1. The van der Waals surface area contributed by atoms with Crippen molar-refractivity contribution in [3.8, 4) is 0 Å². The Kier molecular flexibility index (Phi) is 5.44. The first-order valence-electron chi connectivity index (χ1n) is 7.50. The summed E-state index contributed by atoms with van der Waals surface area (Å²) in [6.07, 6.45) is 0.129. The van der Waals surface area contributed by atoms with Crippen LogP contribution < -0.4 is 0 Å². The van der Waals surface area contributed by atoms with E-state index in [9.17, 15) is 4.79 Å². The van der Waals surface area contributed by atoms with Crippen molar-refractivity contribution in [3.63, 3.8) is 0 Å².